The van der Waals surface area contributed by atoms with Crippen molar-refractivity contribution in [3.8, 4) is 16.9 Å². The predicted octanol–water partition coefficient (Wildman–Crippen LogP) is 4.08. The van der Waals surface area contributed by atoms with Crippen molar-refractivity contribution in [2.45, 2.75) is 37.2 Å². The maximum Gasteiger partial charge on any atom is 0.230 e. The Kier molecular flexibility index (Phi) is 6.49. The minimum atomic E-state index is 0.0326. The van der Waals surface area contributed by atoms with Gasteiger partial charge in [0.1, 0.15) is 12.4 Å². The molecule has 1 heterocycles. The van der Waals surface area contributed by atoms with Crippen LogP contribution in [0.4, 0.5) is 0 Å². The van der Waals surface area contributed by atoms with Crippen LogP contribution >= 0.6 is 11.8 Å². The molecule has 4 rings (SSSR count). The Morgan fingerprint density at radius 2 is 1.93 bits per heavy atom. The van der Waals surface area contributed by atoms with Crippen molar-refractivity contribution in [1.82, 2.24) is 20.1 Å². The quantitative estimate of drug-likeness (QED) is 0.395. The number of carbonyl (C=O) groups is 1. The van der Waals surface area contributed by atoms with Gasteiger partial charge in [-0.15, -0.1) is 16.8 Å². The highest BCUT2D eigenvalue weighted by atomic mass is 32.2. The van der Waals surface area contributed by atoms with Crippen LogP contribution in [0.25, 0.3) is 11.1 Å². The van der Waals surface area contributed by atoms with Gasteiger partial charge in [0.2, 0.25) is 5.91 Å². The zero-order valence-corrected chi connectivity index (χ0v) is 17.5. The van der Waals surface area contributed by atoms with E-state index < -0.39 is 0 Å². The Hall–Kier alpha value is -3.06. The molecule has 0 unspecified atom stereocenters. The number of benzene rings is 2. The molecular formula is C23H24N4O2S. The zero-order valence-electron chi connectivity index (χ0n) is 16.7. The highest BCUT2D eigenvalue weighted by molar-refractivity contribution is 7.99. The van der Waals surface area contributed by atoms with E-state index in [-0.39, 0.29) is 12.5 Å². The molecule has 0 aliphatic heterocycles. The molecule has 1 aromatic heterocycles. The Labute approximate surface area is 180 Å². The molecule has 2 aromatic carbocycles. The third kappa shape index (κ3) is 5.10. The second-order valence-electron chi connectivity index (χ2n) is 7.08. The van der Waals surface area contributed by atoms with Crippen LogP contribution in [0.3, 0.4) is 0 Å². The number of amides is 1. The first kappa shape index (κ1) is 20.2. The molecule has 7 heteroatoms. The summed E-state index contributed by atoms with van der Waals surface area (Å²) in [5.41, 5.74) is 2.12. The van der Waals surface area contributed by atoms with Crippen LogP contribution in [0.1, 0.15) is 18.7 Å². The monoisotopic (exact) mass is 420 g/mol. The normalized spacial score (nSPS) is 13.1. The van der Waals surface area contributed by atoms with Crippen molar-refractivity contribution in [3.63, 3.8) is 0 Å². The molecule has 0 bridgehead atoms. The number of hydrogen-bond acceptors (Lipinski definition) is 5. The molecule has 0 saturated heterocycles. The van der Waals surface area contributed by atoms with Crippen molar-refractivity contribution in [2.75, 3.05) is 5.75 Å². The number of thioether (sulfide) groups is 1. The summed E-state index contributed by atoms with van der Waals surface area (Å²) in [5, 5.41) is 12.2. The largest absolute Gasteiger partial charge is 0.485 e. The van der Waals surface area contributed by atoms with Crippen molar-refractivity contribution >= 4 is 17.7 Å². The van der Waals surface area contributed by atoms with Crippen molar-refractivity contribution in [1.29, 1.82) is 0 Å². The number of ether oxygens (including phenoxy) is 1. The van der Waals surface area contributed by atoms with Crippen LogP contribution in [-0.4, -0.2) is 32.5 Å². The summed E-state index contributed by atoms with van der Waals surface area (Å²) >= 11 is 1.38. The third-order valence-electron chi connectivity index (χ3n) is 4.71. The van der Waals surface area contributed by atoms with Crippen molar-refractivity contribution < 1.29 is 9.53 Å². The summed E-state index contributed by atoms with van der Waals surface area (Å²) < 4.78 is 8.06. The van der Waals surface area contributed by atoms with Crippen LogP contribution < -0.4 is 10.1 Å². The second kappa shape index (κ2) is 9.63. The predicted molar refractivity (Wildman–Crippen MR) is 118 cm³/mol. The van der Waals surface area contributed by atoms with Gasteiger partial charge in [-0.25, -0.2) is 0 Å². The topological polar surface area (TPSA) is 69.0 Å². The minimum absolute atomic E-state index is 0.0326. The molecule has 1 aliphatic rings. The number of rotatable bonds is 10. The van der Waals surface area contributed by atoms with E-state index in [0.29, 0.717) is 29.3 Å². The molecule has 0 radical (unpaired) electrons. The first-order valence-electron chi connectivity index (χ1n) is 9.97. The fourth-order valence-electron chi connectivity index (χ4n) is 3.06. The highest BCUT2D eigenvalue weighted by Gasteiger charge is 2.23. The SMILES string of the molecule is C=CCn1c(COc2ccccc2-c2ccccc2)nnc1SCC(=O)NC1CC1. The van der Waals surface area contributed by atoms with Gasteiger partial charge < -0.3 is 10.1 Å². The van der Waals surface area contributed by atoms with Gasteiger partial charge in [-0.3, -0.25) is 9.36 Å². The van der Waals surface area contributed by atoms with E-state index in [2.05, 4.69) is 34.2 Å². The number of aromatic nitrogens is 3. The molecule has 1 aliphatic carbocycles. The first-order valence-corrected chi connectivity index (χ1v) is 11.0. The molecule has 0 spiro atoms. The van der Waals surface area contributed by atoms with Gasteiger partial charge in [0.15, 0.2) is 11.0 Å². The fraction of sp³-hybridized carbons (Fsp3) is 0.261. The minimum Gasteiger partial charge on any atom is -0.485 e. The Morgan fingerprint density at radius 3 is 2.70 bits per heavy atom. The van der Waals surface area contributed by atoms with E-state index in [1.165, 1.54) is 11.8 Å². The lowest BCUT2D eigenvalue weighted by Gasteiger charge is -2.12. The number of nitrogens with one attached hydrogen (secondary N) is 1. The molecule has 1 fully saturated rings. The van der Waals surface area contributed by atoms with E-state index in [4.69, 9.17) is 4.74 Å². The van der Waals surface area contributed by atoms with Crippen LogP contribution in [0.5, 0.6) is 5.75 Å². The molecular weight excluding hydrogens is 396 g/mol. The molecule has 6 nitrogen and oxygen atoms in total. The smallest absolute Gasteiger partial charge is 0.230 e. The van der Waals surface area contributed by atoms with Crippen LogP contribution in [0.15, 0.2) is 72.4 Å². The van der Waals surface area contributed by atoms with Gasteiger partial charge in [0.05, 0.1) is 5.75 Å². The average Bonchev–Trinajstić information content (AvgIpc) is 3.51. The van der Waals surface area contributed by atoms with Crippen LogP contribution in [0.2, 0.25) is 0 Å². The van der Waals surface area contributed by atoms with Crippen LogP contribution in [0, 0.1) is 0 Å². The number of allylic oxidation sites excluding steroid dienone is 1. The van der Waals surface area contributed by atoms with Gasteiger partial charge in [-0.2, -0.15) is 0 Å². The maximum atomic E-state index is 12.0. The lowest BCUT2D eigenvalue weighted by atomic mass is 10.1. The Bertz CT molecular complexity index is 1020. The Morgan fingerprint density at radius 1 is 1.17 bits per heavy atom. The molecule has 3 aromatic rings. The van der Waals surface area contributed by atoms with E-state index >= 15 is 0 Å². The van der Waals surface area contributed by atoms with Crippen molar-refractivity contribution in [3.05, 3.63) is 73.1 Å². The summed E-state index contributed by atoms with van der Waals surface area (Å²) in [6, 6.07) is 18.4. The zero-order chi connectivity index (χ0) is 20.8. The van der Waals surface area contributed by atoms with E-state index in [9.17, 15) is 4.79 Å². The standard InChI is InChI=1S/C23H24N4O2S/c1-2-14-27-21(25-26-23(27)30-16-22(28)24-18-12-13-18)15-29-20-11-7-6-10-19(20)17-8-4-3-5-9-17/h2-11,18H,1,12-16H2,(H,24,28). The van der Waals surface area contributed by atoms with Gasteiger partial charge in [-0.1, -0.05) is 66.4 Å². The summed E-state index contributed by atoms with van der Waals surface area (Å²) in [6.07, 6.45) is 3.95. The average molecular weight is 421 g/mol. The molecule has 1 amide bonds. The number of carbonyl (C=O) groups excluding carboxylic acids is 1. The Balaban J connectivity index is 1.45. The summed E-state index contributed by atoms with van der Waals surface area (Å²) in [4.78, 5) is 12.0. The van der Waals surface area contributed by atoms with Gasteiger partial charge in [-0.05, 0) is 24.5 Å². The lowest BCUT2D eigenvalue weighted by Crippen LogP contribution is -2.27. The molecule has 1 N–H and O–H groups in total. The second-order valence-corrected chi connectivity index (χ2v) is 8.02. The number of para-hydroxylation sites is 1. The van der Waals surface area contributed by atoms with Gasteiger partial charge >= 0.3 is 0 Å². The van der Waals surface area contributed by atoms with E-state index in [1.54, 1.807) is 6.08 Å². The third-order valence-corrected chi connectivity index (χ3v) is 5.68. The maximum absolute atomic E-state index is 12.0. The number of hydrogen-bond donors (Lipinski definition) is 1. The summed E-state index contributed by atoms with van der Waals surface area (Å²) in [7, 11) is 0. The number of nitrogens with zero attached hydrogens (tertiary/aromatic N) is 3. The van der Waals surface area contributed by atoms with Gasteiger partial charge in [0.25, 0.3) is 0 Å². The molecule has 30 heavy (non-hydrogen) atoms. The molecule has 1 saturated carbocycles. The van der Waals surface area contributed by atoms with Crippen molar-refractivity contribution in [2.24, 2.45) is 0 Å². The summed E-state index contributed by atoms with van der Waals surface area (Å²) in [6.45, 7) is 4.66. The first-order chi connectivity index (χ1) is 14.7. The summed E-state index contributed by atoms with van der Waals surface area (Å²) in [5.74, 6) is 1.84. The highest BCUT2D eigenvalue weighted by Crippen LogP contribution is 2.30. The van der Waals surface area contributed by atoms with Crippen LogP contribution in [-0.2, 0) is 17.9 Å². The molecule has 154 valence electrons. The fourth-order valence-corrected chi connectivity index (χ4v) is 3.84. The molecule has 0 atom stereocenters. The van der Waals surface area contributed by atoms with Gasteiger partial charge in [0, 0.05) is 18.2 Å². The van der Waals surface area contributed by atoms with E-state index in [0.717, 1.165) is 29.7 Å². The van der Waals surface area contributed by atoms with E-state index in [1.807, 2.05) is 47.0 Å². The lowest BCUT2D eigenvalue weighted by molar-refractivity contribution is -0.118.